The van der Waals surface area contributed by atoms with Gasteiger partial charge in [0.25, 0.3) is 5.91 Å². The summed E-state index contributed by atoms with van der Waals surface area (Å²) in [6.07, 6.45) is 8.82. The second-order valence-electron chi connectivity index (χ2n) is 10.8. The van der Waals surface area contributed by atoms with Crippen LogP contribution in [0.15, 0.2) is 18.2 Å². The molecule has 5 fully saturated rings. The Balaban J connectivity index is 1.38. The van der Waals surface area contributed by atoms with Gasteiger partial charge in [0.05, 0.1) is 16.0 Å². The van der Waals surface area contributed by atoms with E-state index >= 15 is 0 Å². The molecule has 0 aromatic heterocycles. The number of hydrogen-bond acceptors (Lipinski definition) is 2. The van der Waals surface area contributed by atoms with Crippen molar-refractivity contribution in [2.75, 3.05) is 5.32 Å². The smallest absolute Gasteiger partial charge is 0.253 e. The SMILES string of the molecule is CC12CC3CC(C)(C1)CC(C(=O)Nc1ccc(Cl)c(C(=O)NC4CC4)c1)(C3)C2. The van der Waals surface area contributed by atoms with E-state index in [1.807, 2.05) is 0 Å². The molecular formula is C23H29ClN2O2. The van der Waals surface area contributed by atoms with Gasteiger partial charge in [-0.25, -0.2) is 0 Å². The van der Waals surface area contributed by atoms with E-state index in [2.05, 4.69) is 24.5 Å². The van der Waals surface area contributed by atoms with Crippen LogP contribution in [0.25, 0.3) is 0 Å². The molecule has 0 aliphatic heterocycles. The monoisotopic (exact) mass is 400 g/mol. The molecule has 1 aromatic carbocycles. The van der Waals surface area contributed by atoms with E-state index in [-0.39, 0.29) is 23.3 Å². The number of anilines is 1. The van der Waals surface area contributed by atoms with Crippen LogP contribution in [0, 0.1) is 22.2 Å². The fourth-order valence-electron chi connectivity index (χ4n) is 7.23. The molecule has 5 aliphatic carbocycles. The van der Waals surface area contributed by atoms with Crippen LogP contribution < -0.4 is 10.6 Å². The summed E-state index contributed by atoms with van der Waals surface area (Å²) in [5.41, 5.74) is 1.43. The zero-order valence-corrected chi connectivity index (χ0v) is 17.5. The lowest BCUT2D eigenvalue weighted by Gasteiger charge is -2.64. The van der Waals surface area contributed by atoms with E-state index in [0.717, 1.165) is 32.1 Å². The molecule has 0 radical (unpaired) electrons. The quantitative estimate of drug-likeness (QED) is 0.732. The van der Waals surface area contributed by atoms with E-state index in [4.69, 9.17) is 11.6 Å². The van der Waals surface area contributed by atoms with Crippen LogP contribution in [0.5, 0.6) is 0 Å². The van der Waals surface area contributed by atoms with Crippen LogP contribution in [-0.2, 0) is 4.79 Å². The normalized spacial score (nSPS) is 38.3. The largest absolute Gasteiger partial charge is 0.349 e. The maximum atomic E-state index is 13.5. The van der Waals surface area contributed by atoms with Crippen molar-refractivity contribution in [1.29, 1.82) is 0 Å². The number of carbonyl (C=O) groups is 2. The van der Waals surface area contributed by atoms with Crippen LogP contribution in [-0.4, -0.2) is 17.9 Å². The van der Waals surface area contributed by atoms with Gasteiger partial charge >= 0.3 is 0 Å². The second-order valence-corrected chi connectivity index (χ2v) is 11.2. The molecule has 5 saturated carbocycles. The highest BCUT2D eigenvalue weighted by Crippen LogP contribution is 2.69. The molecule has 0 heterocycles. The van der Waals surface area contributed by atoms with E-state index in [1.165, 1.54) is 19.3 Å². The number of nitrogens with one attached hydrogen (secondary N) is 2. The highest BCUT2D eigenvalue weighted by Gasteiger charge is 2.62. The highest BCUT2D eigenvalue weighted by molar-refractivity contribution is 6.34. The lowest BCUT2D eigenvalue weighted by molar-refractivity contribution is -0.165. The van der Waals surface area contributed by atoms with Crippen LogP contribution in [0.2, 0.25) is 5.02 Å². The summed E-state index contributed by atoms with van der Waals surface area (Å²) >= 11 is 6.25. The summed E-state index contributed by atoms with van der Waals surface area (Å²) in [7, 11) is 0. The maximum Gasteiger partial charge on any atom is 0.253 e. The van der Waals surface area contributed by atoms with Gasteiger partial charge in [0.1, 0.15) is 0 Å². The van der Waals surface area contributed by atoms with Gasteiger partial charge in [0.15, 0.2) is 0 Å². The van der Waals surface area contributed by atoms with Crippen LogP contribution in [0.3, 0.4) is 0 Å². The van der Waals surface area contributed by atoms with Gasteiger partial charge in [-0.05, 0) is 86.3 Å². The van der Waals surface area contributed by atoms with Gasteiger partial charge in [0.2, 0.25) is 5.91 Å². The lowest BCUT2D eigenvalue weighted by Crippen LogP contribution is -2.58. The highest BCUT2D eigenvalue weighted by atomic mass is 35.5. The zero-order valence-electron chi connectivity index (χ0n) is 16.7. The molecule has 150 valence electrons. The van der Waals surface area contributed by atoms with Gasteiger partial charge < -0.3 is 10.6 Å². The standard InChI is InChI=1S/C23H29ClN2O2/c1-21-8-14-9-22(2,11-21)13-23(10-14,12-21)20(28)26-16-5-6-18(24)17(7-16)19(27)25-15-3-4-15/h5-7,14-15H,3-4,8-13H2,1-2H3,(H,25,27)(H,26,28). The Morgan fingerprint density at radius 2 is 1.71 bits per heavy atom. The molecule has 0 spiro atoms. The average Bonchev–Trinajstić information content (AvgIpc) is 3.37. The fraction of sp³-hybridized carbons (Fsp3) is 0.652. The zero-order chi connectivity index (χ0) is 19.7. The molecule has 28 heavy (non-hydrogen) atoms. The van der Waals surface area contributed by atoms with E-state index in [0.29, 0.717) is 33.0 Å². The summed E-state index contributed by atoms with van der Waals surface area (Å²) in [5.74, 6) is 0.644. The molecule has 1 aromatic rings. The Kier molecular flexibility index (Phi) is 3.94. The molecule has 2 unspecified atom stereocenters. The van der Waals surface area contributed by atoms with Gasteiger partial charge in [-0.15, -0.1) is 0 Å². The molecule has 6 rings (SSSR count). The molecule has 5 heteroatoms. The number of benzene rings is 1. The topological polar surface area (TPSA) is 58.2 Å². The summed E-state index contributed by atoms with van der Waals surface area (Å²) in [4.78, 5) is 25.9. The molecule has 4 bridgehead atoms. The minimum absolute atomic E-state index is 0.130. The molecule has 2 N–H and O–H groups in total. The van der Waals surface area contributed by atoms with Gasteiger partial charge in [-0.1, -0.05) is 25.4 Å². The van der Waals surface area contributed by atoms with Crippen molar-refractivity contribution in [3.63, 3.8) is 0 Å². The van der Waals surface area contributed by atoms with Crippen molar-refractivity contribution in [2.24, 2.45) is 22.2 Å². The summed E-state index contributed by atoms with van der Waals surface area (Å²) in [5, 5.41) is 6.54. The van der Waals surface area contributed by atoms with Gasteiger partial charge in [-0.3, -0.25) is 9.59 Å². The fourth-order valence-corrected chi connectivity index (χ4v) is 7.44. The predicted octanol–water partition coefficient (Wildman–Crippen LogP) is 5.17. The molecular weight excluding hydrogens is 372 g/mol. The molecule has 4 nitrogen and oxygen atoms in total. The molecule has 2 amide bonds. The van der Waals surface area contributed by atoms with Crippen molar-refractivity contribution in [1.82, 2.24) is 5.32 Å². The third-order valence-corrected chi connectivity index (χ3v) is 7.82. The molecule has 0 saturated heterocycles. The van der Waals surface area contributed by atoms with E-state index < -0.39 is 0 Å². The van der Waals surface area contributed by atoms with Crippen LogP contribution >= 0.6 is 11.6 Å². The first-order valence-corrected chi connectivity index (χ1v) is 11.0. The number of hydrogen-bond donors (Lipinski definition) is 2. The van der Waals surface area contributed by atoms with Gasteiger partial charge in [-0.2, -0.15) is 0 Å². The van der Waals surface area contributed by atoms with Crippen molar-refractivity contribution >= 4 is 29.1 Å². The van der Waals surface area contributed by atoms with Crippen molar-refractivity contribution in [3.05, 3.63) is 28.8 Å². The second kappa shape index (κ2) is 5.98. The number of halogens is 1. The Morgan fingerprint density at radius 1 is 1.04 bits per heavy atom. The van der Waals surface area contributed by atoms with Crippen LogP contribution in [0.1, 0.15) is 75.6 Å². The summed E-state index contributed by atoms with van der Waals surface area (Å²) < 4.78 is 0. The number of amides is 2. The van der Waals surface area contributed by atoms with E-state index in [9.17, 15) is 9.59 Å². The molecule has 2 atom stereocenters. The Labute approximate surface area is 171 Å². The first-order valence-electron chi connectivity index (χ1n) is 10.6. The van der Waals surface area contributed by atoms with Crippen molar-refractivity contribution < 1.29 is 9.59 Å². The lowest BCUT2D eigenvalue weighted by atomic mass is 9.40. The van der Waals surface area contributed by atoms with Gasteiger partial charge in [0, 0.05) is 11.7 Å². The summed E-state index contributed by atoms with van der Waals surface area (Å²) in [6.45, 7) is 4.75. The Hall–Kier alpha value is -1.55. The average molecular weight is 401 g/mol. The minimum Gasteiger partial charge on any atom is -0.349 e. The third kappa shape index (κ3) is 3.14. The van der Waals surface area contributed by atoms with Crippen molar-refractivity contribution in [3.8, 4) is 0 Å². The predicted molar refractivity (Wildman–Crippen MR) is 110 cm³/mol. The third-order valence-electron chi connectivity index (χ3n) is 7.49. The van der Waals surface area contributed by atoms with E-state index in [1.54, 1.807) is 18.2 Å². The number of carbonyl (C=O) groups excluding carboxylic acids is 2. The first kappa shape index (κ1) is 18.5. The van der Waals surface area contributed by atoms with Crippen molar-refractivity contribution in [2.45, 2.75) is 71.3 Å². The summed E-state index contributed by atoms with van der Waals surface area (Å²) in [6, 6.07) is 5.51. The molecule has 5 aliphatic rings. The maximum absolute atomic E-state index is 13.5. The Bertz CT molecular complexity index is 844. The first-order chi connectivity index (χ1) is 13.2. The number of rotatable bonds is 4. The van der Waals surface area contributed by atoms with Crippen LogP contribution in [0.4, 0.5) is 5.69 Å². The Morgan fingerprint density at radius 3 is 2.32 bits per heavy atom. The minimum atomic E-state index is -0.265.